The molecular weight excluding hydrogens is 254 g/mol. The van der Waals surface area contributed by atoms with Gasteiger partial charge in [-0.25, -0.2) is 4.98 Å². The van der Waals surface area contributed by atoms with E-state index < -0.39 is 0 Å². The summed E-state index contributed by atoms with van der Waals surface area (Å²) >= 11 is 0. The van der Waals surface area contributed by atoms with Gasteiger partial charge in [0, 0.05) is 17.4 Å². The first-order valence-corrected chi connectivity index (χ1v) is 6.11. The molecule has 0 fully saturated rings. The molecule has 5 nitrogen and oxygen atoms in total. The number of nitrogen functional groups attached to an aromatic ring is 1. The first-order chi connectivity index (χ1) is 9.70. The second-order valence-electron chi connectivity index (χ2n) is 4.36. The van der Waals surface area contributed by atoms with Crippen LogP contribution in [0.25, 0.3) is 5.65 Å². The Morgan fingerprint density at radius 1 is 1.25 bits per heavy atom. The van der Waals surface area contributed by atoms with Gasteiger partial charge in [-0.05, 0) is 36.4 Å². The summed E-state index contributed by atoms with van der Waals surface area (Å²) in [7, 11) is 1.57. The maximum atomic E-state index is 12.5. The minimum Gasteiger partial charge on any atom is -0.493 e. The number of ether oxygens (including phenoxy) is 1. The number of aromatic nitrogens is 2. The number of pyridine rings is 1. The minimum absolute atomic E-state index is 0.106. The highest BCUT2D eigenvalue weighted by Gasteiger charge is 2.15. The number of benzene rings is 1. The van der Waals surface area contributed by atoms with Crippen LogP contribution in [-0.2, 0) is 0 Å². The smallest absolute Gasteiger partial charge is 0.211 e. The second kappa shape index (κ2) is 4.70. The molecule has 20 heavy (non-hydrogen) atoms. The third-order valence-electron chi connectivity index (χ3n) is 3.13. The van der Waals surface area contributed by atoms with Crippen LogP contribution in [0.2, 0.25) is 0 Å². The van der Waals surface area contributed by atoms with Crippen LogP contribution in [0, 0.1) is 0 Å². The van der Waals surface area contributed by atoms with Gasteiger partial charge in [0.2, 0.25) is 5.78 Å². The van der Waals surface area contributed by atoms with Crippen LogP contribution in [0.5, 0.6) is 5.75 Å². The van der Waals surface area contributed by atoms with Crippen molar-refractivity contribution in [2.45, 2.75) is 0 Å². The number of methoxy groups -OCH3 is 1. The predicted molar refractivity (Wildman–Crippen MR) is 76.0 cm³/mol. The Labute approximate surface area is 115 Å². The summed E-state index contributed by atoms with van der Waals surface area (Å²) in [6.45, 7) is 0. The highest BCUT2D eigenvalue weighted by atomic mass is 16.5. The number of fused-ring (bicyclic) bond motifs is 1. The number of imidazole rings is 1. The normalized spacial score (nSPS) is 10.7. The van der Waals surface area contributed by atoms with Gasteiger partial charge in [0.15, 0.2) is 11.4 Å². The van der Waals surface area contributed by atoms with E-state index in [1.807, 2.05) is 6.07 Å². The number of nitrogens with two attached hydrogens (primary N) is 1. The molecule has 5 heteroatoms. The lowest BCUT2D eigenvalue weighted by atomic mass is 10.1. The monoisotopic (exact) mass is 267 g/mol. The van der Waals surface area contributed by atoms with E-state index in [4.69, 9.17) is 10.5 Å². The van der Waals surface area contributed by atoms with E-state index in [9.17, 15) is 4.79 Å². The third kappa shape index (κ3) is 1.89. The summed E-state index contributed by atoms with van der Waals surface area (Å²) in [5, 5.41) is 0. The van der Waals surface area contributed by atoms with Crippen molar-refractivity contribution < 1.29 is 9.53 Å². The summed E-state index contributed by atoms with van der Waals surface area (Å²) < 4.78 is 6.95. The molecule has 0 atom stereocenters. The van der Waals surface area contributed by atoms with Gasteiger partial charge in [0.1, 0.15) is 5.69 Å². The lowest BCUT2D eigenvalue weighted by Crippen LogP contribution is -2.05. The molecule has 0 aliphatic heterocycles. The van der Waals surface area contributed by atoms with Crippen LogP contribution < -0.4 is 10.5 Å². The molecule has 0 radical (unpaired) electrons. The number of ketones is 1. The molecule has 0 saturated carbocycles. The van der Waals surface area contributed by atoms with Crippen LogP contribution >= 0.6 is 0 Å². The summed E-state index contributed by atoms with van der Waals surface area (Å²) in [5.74, 6) is 0.523. The first-order valence-electron chi connectivity index (χ1n) is 6.11. The lowest BCUT2D eigenvalue weighted by molar-refractivity contribution is 0.103. The van der Waals surface area contributed by atoms with Gasteiger partial charge in [0.25, 0.3) is 0 Å². The van der Waals surface area contributed by atoms with Crippen LogP contribution in [0.3, 0.4) is 0 Å². The molecule has 3 aromatic rings. The van der Waals surface area contributed by atoms with E-state index in [2.05, 4.69) is 4.98 Å². The van der Waals surface area contributed by atoms with E-state index in [1.165, 1.54) is 0 Å². The second-order valence-corrected chi connectivity index (χ2v) is 4.36. The molecule has 2 aromatic heterocycles. The largest absolute Gasteiger partial charge is 0.493 e. The minimum atomic E-state index is -0.106. The van der Waals surface area contributed by atoms with Crippen molar-refractivity contribution in [1.82, 2.24) is 9.38 Å². The zero-order chi connectivity index (χ0) is 14.1. The summed E-state index contributed by atoms with van der Waals surface area (Å²) in [4.78, 5) is 16.7. The van der Waals surface area contributed by atoms with Crippen molar-refractivity contribution in [2.75, 3.05) is 12.8 Å². The molecule has 0 spiro atoms. The molecule has 1 aromatic carbocycles. The molecule has 0 aliphatic carbocycles. The predicted octanol–water partition coefficient (Wildman–Crippen LogP) is 2.16. The van der Waals surface area contributed by atoms with Crippen molar-refractivity contribution in [3.63, 3.8) is 0 Å². The highest BCUT2D eigenvalue weighted by molar-refractivity contribution is 6.08. The van der Waals surface area contributed by atoms with E-state index in [0.717, 1.165) is 0 Å². The maximum Gasteiger partial charge on any atom is 0.211 e. The van der Waals surface area contributed by atoms with Crippen molar-refractivity contribution in [3.8, 4) is 5.75 Å². The lowest BCUT2D eigenvalue weighted by Gasteiger charge is -2.04. The van der Waals surface area contributed by atoms with Crippen molar-refractivity contribution in [3.05, 3.63) is 60.0 Å². The highest BCUT2D eigenvalue weighted by Crippen LogP contribution is 2.20. The summed E-state index contributed by atoms with van der Waals surface area (Å²) in [5.41, 5.74) is 7.94. The zero-order valence-electron chi connectivity index (χ0n) is 10.9. The van der Waals surface area contributed by atoms with E-state index >= 15 is 0 Å². The SMILES string of the molecule is COc1cccn2c(C(=O)c3ccc(N)cc3)cnc12. The molecule has 0 bridgehead atoms. The molecule has 100 valence electrons. The van der Waals surface area contributed by atoms with Crippen LogP contribution in [-0.4, -0.2) is 22.3 Å². The summed E-state index contributed by atoms with van der Waals surface area (Å²) in [6.07, 6.45) is 3.34. The van der Waals surface area contributed by atoms with E-state index in [0.29, 0.717) is 28.3 Å². The van der Waals surface area contributed by atoms with E-state index in [-0.39, 0.29) is 5.78 Å². The number of carbonyl (C=O) groups excluding carboxylic acids is 1. The van der Waals surface area contributed by atoms with Crippen molar-refractivity contribution in [1.29, 1.82) is 0 Å². The number of carbonyl (C=O) groups is 1. The molecular formula is C15H13N3O2. The van der Waals surface area contributed by atoms with Crippen molar-refractivity contribution in [2.24, 2.45) is 0 Å². The Morgan fingerprint density at radius 3 is 2.70 bits per heavy atom. The fourth-order valence-electron chi connectivity index (χ4n) is 2.09. The topological polar surface area (TPSA) is 69.6 Å². The quantitative estimate of drug-likeness (QED) is 0.583. The molecule has 0 aliphatic rings. The average Bonchev–Trinajstić information content (AvgIpc) is 2.91. The Bertz CT molecular complexity index is 775. The average molecular weight is 267 g/mol. The first kappa shape index (κ1) is 12.2. The Morgan fingerprint density at radius 2 is 2.00 bits per heavy atom. The van der Waals surface area contributed by atoms with Gasteiger partial charge in [-0.2, -0.15) is 0 Å². The van der Waals surface area contributed by atoms with Crippen LogP contribution in [0.15, 0.2) is 48.8 Å². The molecule has 0 unspecified atom stereocenters. The molecule has 0 amide bonds. The van der Waals surface area contributed by atoms with Crippen molar-refractivity contribution >= 4 is 17.1 Å². The third-order valence-corrected chi connectivity index (χ3v) is 3.13. The molecule has 2 N–H and O–H groups in total. The number of rotatable bonds is 3. The number of anilines is 1. The number of nitrogens with zero attached hydrogens (tertiary/aromatic N) is 2. The Kier molecular flexibility index (Phi) is 2.87. The van der Waals surface area contributed by atoms with Gasteiger partial charge in [-0.3, -0.25) is 9.20 Å². The molecule has 0 saturated heterocycles. The van der Waals surface area contributed by atoms with Crippen LogP contribution in [0.4, 0.5) is 5.69 Å². The van der Waals surface area contributed by atoms with E-state index in [1.54, 1.807) is 54.2 Å². The summed E-state index contributed by atoms with van der Waals surface area (Å²) in [6, 6.07) is 10.4. The van der Waals surface area contributed by atoms with Gasteiger partial charge < -0.3 is 10.5 Å². The van der Waals surface area contributed by atoms with Crippen LogP contribution in [0.1, 0.15) is 16.1 Å². The Balaban J connectivity index is 2.10. The van der Waals surface area contributed by atoms with Gasteiger partial charge >= 0.3 is 0 Å². The number of hydrogen-bond acceptors (Lipinski definition) is 4. The number of hydrogen-bond donors (Lipinski definition) is 1. The molecule has 2 heterocycles. The fraction of sp³-hybridized carbons (Fsp3) is 0.0667. The maximum absolute atomic E-state index is 12.5. The molecule has 3 rings (SSSR count). The standard InChI is InChI=1S/C15H13N3O2/c1-20-13-3-2-8-18-12(9-17-15(13)18)14(19)10-4-6-11(16)7-5-10/h2-9H,16H2,1H3. The van der Waals surface area contributed by atoms with Gasteiger partial charge in [-0.1, -0.05) is 0 Å². The fourth-order valence-corrected chi connectivity index (χ4v) is 2.09. The van der Waals surface area contributed by atoms with Gasteiger partial charge in [0.05, 0.1) is 13.3 Å². The Hall–Kier alpha value is -2.82. The van der Waals surface area contributed by atoms with Gasteiger partial charge in [-0.15, -0.1) is 0 Å². The zero-order valence-corrected chi connectivity index (χ0v) is 10.9.